The lowest BCUT2D eigenvalue weighted by Crippen LogP contribution is -2.48. The number of nitrogens with zero attached hydrogens (tertiary/aromatic N) is 1. The molecule has 7 nitrogen and oxygen atoms in total. The molecular weight excluding hydrogens is 350 g/mol. The van der Waals surface area contributed by atoms with Gasteiger partial charge in [-0.1, -0.05) is 0 Å². The predicted molar refractivity (Wildman–Crippen MR) is 94.7 cm³/mol. The zero-order valence-corrected chi connectivity index (χ0v) is 15.7. The third kappa shape index (κ3) is 5.39. The van der Waals surface area contributed by atoms with Gasteiger partial charge in [0.15, 0.2) is 19.7 Å². The topological polar surface area (TPSA) is 95.6 Å². The van der Waals surface area contributed by atoms with Crippen LogP contribution in [0, 0.1) is 0 Å². The van der Waals surface area contributed by atoms with Crippen molar-refractivity contribution in [2.45, 2.75) is 43.8 Å². The van der Waals surface area contributed by atoms with Crippen molar-refractivity contribution < 1.29 is 16.8 Å². The minimum absolute atomic E-state index is 0.124. The maximum Gasteiger partial charge on any atom is 0.151 e. The first-order valence-corrected chi connectivity index (χ1v) is 12.6. The van der Waals surface area contributed by atoms with E-state index in [0.717, 1.165) is 51.9 Å². The summed E-state index contributed by atoms with van der Waals surface area (Å²) in [5, 5.41) is 6.88. The quantitative estimate of drug-likeness (QED) is 0.611. The van der Waals surface area contributed by atoms with E-state index >= 15 is 0 Å². The molecule has 0 amide bonds. The number of sulfone groups is 2. The number of nitrogens with one attached hydrogen (secondary N) is 2. The van der Waals surface area contributed by atoms with E-state index < -0.39 is 19.7 Å². The third-order valence-electron chi connectivity index (χ3n) is 5.38. The zero-order valence-electron chi connectivity index (χ0n) is 14.1. The summed E-state index contributed by atoms with van der Waals surface area (Å²) in [6.07, 6.45) is 3.58. The van der Waals surface area contributed by atoms with Crippen LogP contribution < -0.4 is 10.6 Å². The van der Waals surface area contributed by atoms with Gasteiger partial charge in [-0.2, -0.15) is 0 Å². The van der Waals surface area contributed by atoms with Gasteiger partial charge in [0.1, 0.15) is 0 Å². The molecule has 3 fully saturated rings. The van der Waals surface area contributed by atoms with Crippen molar-refractivity contribution in [1.29, 1.82) is 0 Å². The number of likely N-dealkylation sites (tertiary alicyclic amines) is 1. The summed E-state index contributed by atoms with van der Waals surface area (Å²) in [5.41, 5.74) is 0. The van der Waals surface area contributed by atoms with Gasteiger partial charge in [0, 0.05) is 31.2 Å². The molecule has 2 atom stereocenters. The monoisotopic (exact) mass is 379 g/mol. The van der Waals surface area contributed by atoms with E-state index in [1.165, 1.54) is 0 Å². The lowest BCUT2D eigenvalue weighted by Gasteiger charge is -2.34. The smallest absolute Gasteiger partial charge is 0.151 e. The number of piperidine rings is 1. The van der Waals surface area contributed by atoms with E-state index in [-0.39, 0.29) is 17.8 Å². The first-order chi connectivity index (χ1) is 11.3. The second-order valence-electron chi connectivity index (χ2n) is 7.44. The van der Waals surface area contributed by atoms with Gasteiger partial charge < -0.3 is 15.5 Å². The molecule has 3 saturated heterocycles. The molecular formula is C15H29N3O4S2. The second kappa shape index (κ2) is 7.57. The molecule has 9 heteroatoms. The van der Waals surface area contributed by atoms with Gasteiger partial charge >= 0.3 is 0 Å². The van der Waals surface area contributed by atoms with E-state index in [1.54, 1.807) is 0 Å². The van der Waals surface area contributed by atoms with Crippen molar-refractivity contribution in [3.05, 3.63) is 0 Å². The van der Waals surface area contributed by atoms with E-state index in [2.05, 4.69) is 15.5 Å². The highest BCUT2D eigenvalue weighted by Crippen LogP contribution is 2.16. The molecule has 2 N–H and O–H groups in total. The van der Waals surface area contributed by atoms with Crippen LogP contribution >= 0.6 is 0 Å². The molecule has 3 aliphatic heterocycles. The van der Waals surface area contributed by atoms with E-state index in [9.17, 15) is 16.8 Å². The summed E-state index contributed by atoms with van der Waals surface area (Å²) in [7, 11) is -5.61. The molecule has 3 aliphatic rings. The Morgan fingerprint density at radius 2 is 1.38 bits per heavy atom. The molecule has 0 aliphatic carbocycles. The fraction of sp³-hybridized carbons (Fsp3) is 1.00. The minimum Gasteiger partial charge on any atom is -0.312 e. The van der Waals surface area contributed by atoms with Crippen LogP contribution in [0.1, 0.15) is 25.7 Å². The highest BCUT2D eigenvalue weighted by atomic mass is 32.2. The fourth-order valence-corrected chi connectivity index (χ4v) is 7.36. The standard InChI is InChI=1S/C15H29N3O4S2/c19-23(20)9-3-14(11-23)16-5-8-18-6-1-13(2-7-18)17-15-4-10-24(21,22)12-15/h13-17H,1-12H2/t14-,15+/m1/s1. The molecule has 3 rings (SSSR count). The first-order valence-electron chi connectivity index (χ1n) is 8.94. The van der Waals surface area contributed by atoms with Gasteiger partial charge in [0.25, 0.3) is 0 Å². The summed E-state index contributed by atoms with van der Waals surface area (Å²) >= 11 is 0. The van der Waals surface area contributed by atoms with Gasteiger partial charge in [0.2, 0.25) is 0 Å². The molecule has 24 heavy (non-hydrogen) atoms. The lowest BCUT2D eigenvalue weighted by atomic mass is 10.0. The van der Waals surface area contributed by atoms with Crippen molar-refractivity contribution in [2.24, 2.45) is 0 Å². The Labute approximate surface area is 145 Å². The van der Waals surface area contributed by atoms with Crippen molar-refractivity contribution in [2.75, 3.05) is 49.2 Å². The van der Waals surface area contributed by atoms with E-state index in [0.29, 0.717) is 23.3 Å². The normalized spacial score (nSPS) is 33.8. The summed E-state index contributed by atoms with van der Waals surface area (Å²) in [6, 6.07) is 0.684. The maximum absolute atomic E-state index is 11.5. The van der Waals surface area contributed by atoms with Gasteiger partial charge in [-0.3, -0.25) is 0 Å². The third-order valence-corrected chi connectivity index (χ3v) is 8.92. The highest BCUT2D eigenvalue weighted by molar-refractivity contribution is 7.91. The number of hydrogen-bond acceptors (Lipinski definition) is 7. The van der Waals surface area contributed by atoms with Crippen molar-refractivity contribution in [3.63, 3.8) is 0 Å². The molecule has 0 bridgehead atoms. The maximum atomic E-state index is 11.5. The van der Waals surface area contributed by atoms with Crippen molar-refractivity contribution in [3.8, 4) is 0 Å². The van der Waals surface area contributed by atoms with Crippen LogP contribution in [0.5, 0.6) is 0 Å². The Bertz CT molecular complexity index is 627. The molecule has 0 spiro atoms. The minimum atomic E-state index is -2.81. The number of rotatable bonds is 6. The molecule has 0 aromatic carbocycles. The Kier molecular flexibility index (Phi) is 5.86. The average Bonchev–Trinajstić information content (AvgIpc) is 3.02. The van der Waals surface area contributed by atoms with Gasteiger partial charge in [0.05, 0.1) is 23.0 Å². The Balaban J connectivity index is 1.30. The van der Waals surface area contributed by atoms with Crippen LogP contribution in [0.4, 0.5) is 0 Å². The molecule has 0 aromatic rings. The molecule has 3 heterocycles. The Hall–Kier alpha value is -0.220. The SMILES string of the molecule is O=S1(=O)CC[C@@H](NCCN2CCC(N[C@H]3CCS(=O)(=O)C3)CC2)C1. The molecule has 0 aromatic heterocycles. The highest BCUT2D eigenvalue weighted by Gasteiger charge is 2.31. The molecule has 0 saturated carbocycles. The molecule has 0 unspecified atom stereocenters. The fourth-order valence-electron chi connectivity index (χ4n) is 3.97. The van der Waals surface area contributed by atoms with E-state index in [1.807, 2.05) is 0 Å². The van der Waals surface area contributed by atoms with Crippen LogP contribution in [0.3, 0.4) is 0 Å². The van der Waals surface area contributed by atoms with Crippen molar-refractivity contribution >= 4 is 19.7 Å². The Morgan fingerprint density at radius 1 is 0.792 bits per heavy atom. The first kappa shape index (κ1) is 18.6. The van der Waals surface area contributed by atoms with Crippen LogP contribution in [0.15, 0.2) is 0 Å². The van der Waals surface area contributed by atoms with E-state index in [4.69, 9.17) is 0 Å². The van der Waals surface area contributed by atoms with Gasteiger partial charge in [-0.05, 0) is 38.8 Å². The Morgan fingerprint density at radius 3 is 1.92 bits per heavy atom. The summed E-state index contributed by atoms with van der Waals surface area (Å²) in [5.74, 6) is 1.22. The summed E-state index contributed by atoms with van der Waals surface area (Å²) < 4.78 is 45.9. The zero-order chi connectivity index (χ0) is 17.2. The van der Waals surface area contributed by atoms with Crippen LogP contribution in [0.25, 0.3) is 0 Å². The summed E-state index contributed by atoms with van der Waals surface area (Å²) in [6.45, 7) is 3.81. The number of hydrogen-bond donors (Lipinski definition) is 2. The molecule has 0 radical (unpaired) electrons. The summed E-state index contributed by atoms with van der Waals surface area (Å²) in [4.78, 5) is 2.40. The van der Waals surface area contributed by atoms with Crippen LogP contribution in [0.2, 0.25) is 0 Å². The lowest BCUT2D eigenvalue weighted by molar-refractivity contribution is 0.191. The predicted octanol–water partition coefficient (Wildman–Crippen LogP) is -0.996. The van der Waals surface area contributed by atoms with Crippen LogP contribution in [-0.4, -0.2) is 89.1 Å². The van der Waals surface area contributed by atoms with Crippen molar-refractivity contribution in [1.82, 2.24) is 15.5 Å². The van der Waals surface area contributed by atoms with Gasteiger partial charge in [-0.15, -0.1) is 0 Å². The second-order valence-corrected chi connectivity index (χ2v) is 11.9. The van der Waals surface area contributed by atoms with Crippen LogP contribution in [-0.2, 0) is 19.7 Å². The molecule has 140 valence electrons. The average molecular weight is 380 g/mol. The van der Waals surface area contributed by atoms with Gasteiger partial charge in [-0.25, -0.2) is 16.8 Å². The largest absolute Gasteiger partial charge is 0.312 e.